The lowest BCUT2D eigenvalue weighted by molar-refractivity contribution is -0.127. The molecule has 2 amide bonds. The molecule has 0 radical (unpaired) electrons. The van der Waals surface area contributed by atoms with Gasteiger partial charge in [-0.3, -0.25) is 4.79 Å². The molecule has 0 bridgehead atoms. The number of rotatable bonds is 8. The lowest BCUT2D eigenvalue weighted by Gasteiger charge is -2.15. The number of methoxy groups -OCH3 is 1. The van der Waals surface area contributed by atoms with Crippen LogP contribution in [0.1, 0.15) is 19.8 Å². The van der Waals surface area contributed by atoms with Crippen molar-refractivity contribution in [3.63, 3.8) is 0 Å². The molecule has 0 saturated carbocycles. The molecule has 6 aromatic rings. The van der Waals surface area contributed by atoms with E-state index >= 15 is 0 Å². The summed E-state index contributed by atoms with van der Waals surface area (Å²) in [5, 5.41) is 11.5. The van der Waals surface area contributed by atoms with Crippen molar-refractivity contribution >= 4 is 45.4 Å². The van der Waals surface area contributed by atoms with Crippen LogP contribution < -0.4 is 10.6 Å². The van der Waals surface area contributed by atoms with Gasteiger partial charge in [0.15, 0.2) is 0 Å². The van der Waals surface area contributed by atoms with Gasteiger partial charge in [-0.2, -0.15) is 0 Å². The second-order valence-electron chi connectivity index (χ2n) is 13.6. The maximum Gasteiger partial charge on any atom is 0.409 e. The average Bonchev–Trinajstić information content (AvgIpc) is 3.90. The van der Waals surface area contributed by atoms with Gasteiger partial charge < -0.3 is 25.2 Å². The van der Waals surface area contributed by atoms with Gasteiger partial charge in [0.1, 0.15) is 0 Å². The number of carbonyl (C=O) groups excluding carboxylic acids is 2. The molecule has 2 atom stereocenters. The molecule has 2 aliphatic rings. The fraction of sp³-hybridized carbons (Fsp3) is 0.286. The van der Waals surface area contributed by atoms with Gasteiger partial charge in [-0.05, 0) is 70.5 Å². The van der Waals surface area contributed by atoms with E-state index in [-0.39, 0.29) is 12.0 Å². The Morgan fingerprint density at radius 1 is 0.660 bits per heavy atom. The van der Waals surface area contributed by atoms with E-state index in [0.29, 0.717) is 30.3 Å². The molecule has 4 aromatic carbocycles. The Morgan fingerprint density at radius 3 is 1.60 bits per heavy atom. The summed E-state index contributed by atoms with van der Waals surface area (Å²) in [6.45, 7) is 6.24. The third-order valence-electron chi connectivity index (χ3n) is 9.95. The Kier molecular flexibility index (Phi) is 11.0. The van der Waals surface area contributed by atoms with Gasteiger partial charge in [0.05, 0.1) is 18.5 Å². The monoisotopic (exact) mass is 708 g/mol. The van der Waals surface area contributed by atoms with Gasteiger partial charge in [0, 0.05) is 69.7 Å². The maximum atomic E-state index is 11.6. The van der Waals surface area contributed by atoms with Crippen molar-refractivity contribution in [3.05, 3.63) is 109 Å². The zero-order chi connectivity index (χ0) is 36.6. The van der Waals surface area contributed by atoms with Crippen LogP contribution in [0.25, 0.3) is 44.1 Å². The Hall–Kier alpha value is -6.10. The first-order chi connectivity index (χ1) is 25.9. The molecule has 0 spiro atoms. The van der Waals surface area contributed by atoms with E-state index in [1.165, 1.54) is 28.7 Å². The number of nitrogens with zero attached hydrogens (tertiary/aromatic N) is 6. The minimum absolute atomic E-state index is 0.155. The summed E-state index contributed by atoms with van der Waals surface area (Å²) in [7, 11) is 1.42. The SMILES string of the molecule is CC(=O)N1CC[C@@H](CNc2nccc(-c3ccc4ccccc4c3)n2)C1.COC(=O)N1CC[C@@H](CNc2nccc(-c3ccc4ccccc4c3)n2)C1. The molecular weight excluding hydrogens is 665 g/mol. The normalized spacial score (nSPS) is 16.6. The Labute approximate surface area is 309 Å². The smallest absolute Gasteiger partial charge is 0.409 e. The summed E-state index contributed by atoms with van der Waals surface area (Å²) in [6.07, 6.45) is 5.28. The molecule has 0 unspecified atom stereocenters. The quantitative estimate of drug-likeness (QED) is 0.167. The van der Waals surface area contributed by atoms with Gasteiger partial charge in [-0.15, -0.1) is 0 Å². The molecule has 0 aliphatic carbocycles. The number of fused-ring (bicyclic) bond motifs is 2. The number of nitrogens with one attached hydrogen (secondary N) is 2. The van der Waals surface area contributed by atoms with Crippen LogP contribution in [0.4, 0.5) is 16.7 Å². The molecule has 11 heteroatoms. The zero-order valence-corrected chi connectivity index (χ0v) is 30.1. The fourth-order valence-electron chi connectivity index (χ4n) is 6.96. The number of anilines is 2. The number of hydrogen-bond donors (Lipinski definition) is 2. The van der Waals surface area contributed by atoms with E-state index in [9.17, 15) is 9.59 Å². The first-order valence-electron chi connectivity index (χ1n) is 18.1. The molecule has 2 aromatic heterocycles. The predicted molar refractivity (Wildman–Crippen MR) is 209 cm³/mol. The summed E-state index contributed by atoms with van der Waals surface area (Å²) < 4.78 is 4.78. The van der Waals surface area contributed by atoms with E-state index in [0.717, 1.165) is 68.1 Å². The van der Waals surface area contributed by atoms with E-state index in [1.54, 1.807) is 24.2 Å². The van der Waals surface area contributed by atoms with E-state index in [4.69, 9.17) is 4.74 Å². The van der Waals surface area contributed by atoms with E-state index in [2.05, 4.69) is 91.2 Å². The van der Waals surface area contributed by atoms with Gasteiger partial charge in [0.2, 0.25) is 17.8 Å². The maximum absolute atomic E-state index is 11.6. The Balaban J connectivity index is 0.000000164. The van der Waals surface area contributed by atoms with Crippen LogP contribution in [-0.4, -0.2) is 88.1 Å². The summed E-state index contributed by atoms with van der Waals surface area (Å²) >= 11 is 0. The Bertz CT molecular complexity index is 2210. The van der Waals surface area contributed by atoms with E-state index in [1.807, 2.05) is 41.3 Å². The molecule has 2 N–H and O–H groups in total. The van der Waals surface area contributed by atoms with Crippen molar-refractivity contribution in [1.82, 2.24) is 29.7 Å². The number of amides is 2. The lowest BCUT2D eigenvalue weighted by atomic mass is 10.1. The molecule has 4 heterocycles. The van der Waals surface area contributed by atoms with Crippen LogP contribution in [-0.2, 0) is 9.53 Å². The van der Waals surface area contributed by atoms with Crippen LogP contribution in [0.3, 0.4) is 0 Å². The lowest BCUT2D eigenvalue weighted by Crippen LogP contribution is -2.29. The summed E-state index contributed by atoms with van der Waals surface area (Å²) in [5.74, 6) is 2.22. The van der Waals surface area contributed by atoms with Crippen LogP contribution in [0, 0.1) is 11.8 Å². The van der Waals surface area contributed by atoms with Gasteiger partial charge in [-0.25, -0.2) is 24.7 Å². The van der Waals surface area contributed by atoms with Crippen LogP contribution >= 0.6 is 0 Å². The molecule has 2 saturated heterocycles. The second-order valence-corrected chi connectivity index (χ2v) is 13.6. The van der Waals surface area contributed by atoms with Crippen molar-refractivity contribution in [2.45, 2.75) is 19.8 Å². The highest BCUT2D eigenvalue weighted by Gasteiger charge is 2.27. The third-order valence-corrected chi connectivity index (χ3v) is 9.95. The molecule has 270 valence electrons. The number of likely N-dealkylation sites (tertiary alicyclic amines) is 2. The molecule has 11 nitrogen and oxygen atoms in total. The van der Waals surface area contributed by atoms with Gasteiger partial charge in [-0.1, -0.05) is 72.8 Å². The second kappa shape index (κ2) is 16.5. The number of hydrogen-bond acceptors (Lipinski definition) is 9. The first kappa shape index (κ1) is 35.3. The highest BCUT2D eigenvalue weighted by atomic mass is 16.5. The third kappa shape index (κ3) is 8.86. The zero-order valence-electron chi connectivity index (χ0n) is 30.1. The van der Waals surface area contributed by atoms with Gasteiger partial charge >= 0.3 is 6.09 Å². The average molecular weight is 709 g/mol. The van der Waals surface area contributed by atoms with Crippen LogP contribution in [0.2, 0.25) is 0 Å². The molecule has 8 rings (SSSR count). The molecule has 53 heavy (non-hydrogen) atoms. The van der Waals surface area contributed by atoms with Crippen molar-refractivity contribution in [2.75, 3.05) is 57.0 Å². The van der Waals surface area contributed by atoms with Crippen LogP contribution in [0.15, 0.2) is 109 Å². The topological polar surface area (TPSA) is 125 Å². The minimum Gasteiger partial charge on any atom is -0.453 e. The van der Waals surface area contributed by atoms with E-state index < -0.39 is 0 Å². The minimum atomic E-state index is -0.257. The predicted octanol–water partition coefficient (Wildman–Crippen LogP) is 7.37. The molecule has 2 fully saturated rings. The number of aromatic nitrogens is 4. The molecule has 2 aliphatic heterocycles. The Morgan fingerprint density at radius 2 is 1.13 bits per heavy atom. The fourth-order valence-corrected chi connectivity index (χ4v) is 6.96. The highest BCUT2D eigenvalue weighted by molar-refractivity contribution is 5.87. The van der Waals surface area contributed by atoms with Crippen molar-refractivity contribution in [2.24, 2.45) is 11.8 Å². The number of ether oxygens (including phenoxy) is 1. The molecular formula is C42H44N8O3. The number of carbonyl (C=O) groups is 2. The van der Waals surface area contributed by atoms with Gasteiger partial charge in [0.25, 0.3) is 0 Å². The standard InChI is InChI=1S/C21H22N4O2.C21H22N4O/c1-27-21(26)25-11-9-15(14-25)13-23-20-22-10-8-19(24-20)18-7-6-16-4-2-3-5-17(16)12-18;1-15(26)25-11-9-16(14-25)13-23-21-22-10-8-20(24-21)19-7-6-17-4-2-3-5-18(17)12-19/h2-8,10,12,15H,9,11,13-14H2,1H3,(H,22,23,24);2-8,10,12,16H,9,11,13-14H2,1H3,(H,22,23,24)/t15-;16-/m00/s1. The van der Waals surface area contributed by atoms with Crippen LogP contribution in [0.5, 0.6) is 0 Å². The first-order valence-corrected chi connectivity index (χ1v) is 18.1. The summed E-state index contributed by atoms with van der Waals surface area (Å²) in [6, 6.07) is 33.2. The largest absolute Gasteiger partial charge is 0.453 e. The summed E-state index contributed by atoms with van der Waals surface area (Å²) in [5.41, 5.74) is 3.94. The number of benzene rings is 4. The van der Waals surface area contributed by atoms with Crippen molar-refractivity contribution in [3.8, 4) is 22.5 Å². The van der Waals surface area contributed by atoms with Crippen molar-refractivity contribution < 1.29 is 14.3 Å². The van der Waals surface area contributed by atoms with Crippen molar-refractivity contribution in [1.29, 1.82) is 0 Å². The summed E-state index contributed by atoms with van der Waals surface area (Å²) in [4.78, 5) is 44.7. The highest BCUT2D eigenvalue weighted by Crippen LogP contribution is 2.26.